The Morgan fingerprint density at radius 2 is 1.88 bits per heavy atom. The normalized spacial score (nSPS) is 10.8. The van der Waals surface area contributed by atoms with E-state index < -0.39 is 0 Å². The van der Waals surface area contributed by atoms with Crippen molar-refractivity contribution in [3.8, 4) is 11.3 Å². The lowest BCUT2D eigenvalue weighted by molar-refractivity contribution is 0.628. The molecule has 16 heavy (non-hydrogen) atoms. The second-order valence-electron chi connectivity index (χ2n) is 3.90. The van der Waals surface area contributed by atoms with Gasteiger partial charge in [0, 0.05) is 18.3 Å². The van der Waals surface area contributed by atoms with Gasteiger partial charge in [-0.2, -0.15) is 5.10 Å². The summed E-state index contributed by atoms with van der Waals surface area (Å²) in [5, 5.41) is 4.48. The summed E-state index contributed by atoms with van der Waals surface area (Å²) >= 11 is 0. The number of rotatable bonds is 2. The van der Waals surface area contributed by atoms with E-state index in [-0.39, 0.29) is 5.82 Å². The Morgan fingerprint density at radius 1 is 1.25 bits per heavy atom. The van der Waals surface area contributed by atoms with Gasteiger partial charge in [-0.3, -0.25) is 4.68 Å². The summed E-state index contributed by atoms with van der Waals surface area (Å²) in [5.41, 5.74) is 4.31. The Balaban J connectivity index is 2.52. The molecule has 0 amide bonds. The molecule has 0 aliphatic heterocycles. The molecule has 0 radical (unpaired) electrons. The molecule has 0 N–H and O–H groups in total. The fraction of sp³-hybridized carbons (Fsp3) is 0.308. The molecule has 1 aromatic heterocycles. The Labute approximate surface area is 94.7 Å². The molecule has 0 aliphatic rings. The van der Waals surface area contributed by atoms with Gasteiger partial charge in [0.2, 0.25) is 0 Å². The topological polar surface area (TPSA) is 17.8 Å². The molecular formula is C13H15FN2. The number of nitrogens with zero attached hydrogens (tertiary/aromatic N) is 2. The molecule has 84 valence electrons. The molecule has 1 aromatic carbocycles. The lowest BCUT2D eigenvalue weighted by atomic mass is 10.1. The number of hydrogen-bond donors (Lipinski definition) is 0. The highest BCUT2D eigenvalue weighted by Crippen LogP contribution is 2.24. The molecule has 0 atom stereocenters. The van der Waals surface area contributed by atoms with E-state index in [2.05, 4.69) is 18.9 Å². The second kappa shape index (κ2) is 4.08. The van der Waals surface area contributed by atoms with Gasteiger partial charge in [-0.25, -0.2) is 4.39 Å². The van der Waals surface area contributed by atoms with Gasteiger partial charge in [0.25, 0.3) is 0 Å². The average Bonchev–Trinajstić information content (AvgIpc) is 2.55. The van der Waals surface area contributed by atoms with Crippen LogP contribution in [0.2, 0.25) is 0 Å². The maximum Gasteiger partial charge on any atom is 0.123 e. The molecule has 2 aromatic rings. The van der Waals surface area contributed by atoms with Crippen LogP contribution < -0.4 is 0 Å². The number of aromatic nitrogens is 2. The minimum atomic E-state index is -0.215. The van der Waals surface area contributed by atoms with Gasteiger partial charge in [0.05, 0.1) is 5.69 Å². The summed E-state index contributed by atoms with van der Waals surface area (Å²) in [4.78, 5) is 0. The van der Waals surface area contributed by atoms with Crippen LogP contribution in [-0.2, 0) is 13.5 Å². The Hall–Kier alpha value is -1.64. The van der Waals surface area contributed by atoms with Gasteiger partial charge < -0.3 is 0 Å². The predicted molar refractivity (Wildman–Crippen MR) is 62.7 cm³/mol. The van der Waals surface area contributed by atoms with E-state index in [1.807, 2.05) is 11.7 Å². The van der Waals surface area contributed by atoms with Crippen molar-refractivity contribution in [1.29, 1.82) is 0 Å². The highest BCUT2D eigenvalue weighted by Gasteiger charge is 2.12. The molecule has 0 fully saturated rings. The van der Waals surface area contributed by atoms with Gasteiger partial charge >= 0.3 is 0 Å². The van der Waals surface area contributed by atoms with Crippen LogP contribution in [0.1, 0.15) is 18.2 Å². The van der Waals surface area contributed by atoms with E-state index in [1.54, 1.807) is 12.1 Å². The van der Waals surface area contributed by atoms with Gasteiger partial charge in [-0.1, -0.05) is 6.92 Å². The molecule has 0 unspecified atom stereocenters. The van der Waals surface area contributed by atoms with Crippen molar-refractivity contribution in [2.45, 2.75) is 20.3 Å². The van der Waals surface area contributed by atoms with Crippen LogP contribution in [0.25, 0.3) is 11.3 Å². The molecule has 2 rings (SSSR count). The van der Waals surface area contributed by atoms with E-state index >= 15 is 0 Å². The SMILES string of the molecule is CCc1c(C)c(-c2ccc(F)cc2)nn1C. The molecule has 0 bridgehead atoms. The number of benzene rings is 1. The van der Waals surface area contributed by atoms with Gasteiger partial charge in [0.15, 0.2) is 0 Å². The standard InChI is InChI=1S/C13H15FN2/c1-4-12-9(2)13(15-16(12)3)10-5-7-11(14)8-6-10/h5-8H,4H2,1-3H3. The van der Waals surface area contributed by atoms with E-state index in [4.69, 9.17) is 0 Å². The van der Waals surface area contributed by atoms with Crippen LogP contribution in [0.4, 0.5) is 4.39 Å². The molecule has 3 heteroatoms. The van der Waals surface area contributed by atoms with E-state index in [1.165, 1.54) is 23.4 Å². The molecule has 0 saturated heterocycles. The summed E-state index contributed by atoms with van der Waals surface area (Å²) in [5.74, 6) is -0.215. The number of halogens is 1. The first-order valence-corrected chi connectivity index (χ1v) is 5.42. The molecular weight excluding hydrogens is 203 g/mol. The minimum absolute atomic E-state index is 0.215. The van der Waals surface area contributed by atoms with E-state index in [0.29, 0.717) is 0 Å². The monoisotopic (exact) mass is 218 g/mol. The van der Waals surface area contributed by atoms with Crippen molar-refractivity contribution in [3.05, 3.63) is 41.3 Å². The highest BCUT2D eigenvalue weighted by atomic mass is 19.1. The van der Waals surface area contributed by atoms with Crippen molar-refractivity contribution < 1.29 is 4.39 Å². The summed E-state index contributed by atoms with van der Waals surface area (Å²) < 4.78 is 14.7. The minimum Gasteiger partial charge on any atom is -0.272 e. The zero-order chi connectivity index (χ0) is 11.7. The van der Waals surface area contributed by atoms with Crippen LogP contribution in [-0.4, -0.2) is 9.78 Å². The van der Waals surface area contributed by atoms with Crippen LogP contribution in [0, 0.1) is 12.7 Å². The summed E-state index contributed by atoms with van der Waals surface area (Å²) in [7, 11) is 1.94. The lowest BCUT2D eigenvalue weighted by Crippen LogP contribution is -1.96. The van der Waals surface area contributed by atoms with E-state index in [0.717, 1.165) is 17.7 Å². The number of hydrogen-bond acceptors (Lipinski definition) is 1. The molecule has 0 spiro atoms. The van der Waals surface area contributed by atoms with Crippen molar-refractivity contribution in [3.63, 3.8) is 0 Å². The predicted octanol–water partition coefficient (Wildman–Crippen LogP) is 3.10. The molecule has 2 nitrogen and oxygen atoms in total. The quantitative estimate of drug-likeness (QED) is 0.757. The average molecular weight is 218 g/mol. The van der Waals surface area contributed by atoms with Crippen LogP contribution >= 0.6 is 0 Å². The number of aryl methyl sites for hydroxylation is 1. The fourth-order valence-corrected chi connectivity index (χ4v) is 2.04. The second-order valence-corrected chi connectivity index (χ2v) is 3.90. The summed E-state index contributed by atoms with van der Waals surface area (Å²) in [6.45, 7) is 4.17. The lowest BCUT2D eigenvalue weighted by Gasteiger charge is -1.99. The molecule has 0 aliphatic carbocycles. The zero-order valence-corrected chi connectivity index (χ0v) is 9.79. The van der Waals surface area contributed by atoms with Crippen LogP contribution in [0.15, 0.2) is 24.3 Å². The third-order valence-corrected chi connectivity index (χ3v) is 2.88. The van der Waals surface area contributed by atoms with Crippen LogP contribution in [0.5, 0.6) is 0 Å². The van der Waals surface area contributed by atoms with Crippen molar-refractivity contribution in [2.75, 3.05) is 0 Å². The van der Waals surface area contributed by atoms with Crippen molar-refractivity contribution in [2.24, 2.45) is 7.05 Å². The zero-order valence-electron chi connectivity index (χ0n) is 9.79. The Morgan fingerprint density at radius 3 is 2.38 bits per heavy atom. The Bertz CT molecular complexity index is 497. The maximum absolute atomic E-state index is 12.8. The van der Waals surface area contributed by atoms with Gasteiger partial charge in [0.1, 0.15) is 5.82 Å². The van der Waals surface area contributed by atoms with Crippen molar-refractivity contribution in [1.82, 2.24) is 9.78 Å². The first-order valence-electron chi connectivity index (χ1n) is 5.42. The van der Waals surface area contributed by atoms with E-state index in [9.17, 15) is 4.39 Å². The molecule has 0 saturated carbocycles. The first-order chi connectivity index (χ1) is 7.63. The van der Waals surface area contributed by atoms with Crippen molar-refractivity contribution >= 4 is 0 Å². The summed E-state index contributed by atoms with van der Waals surface area (Å²) in [6.07, 6.45) is 0.955. The molecule has 1 heterocycles. The Kier molecular flexibility index (Phi) is 2.77. The summed E-state index contributed by atoms with van der Waals surface area (Å²) in [6, 6.07) is 6.47. The largest absolute Gasteiger partial charge is 0.272 e. The highest BCUT2D eigenvalue weighted by molar-refractivity contribution is 5.63. The van der Waals surface area contributed by atoms with Gasteiger partial charge in [-0.15, -0.1) is 0 Å². The fourth-order valence-electron chi connectivity index (χ4n) is 2.04. The smallest absolute Gasteiger partial charge is 0.123 e. The van der Waals surface area contributed by atoms with Crippen LogP contribution in [0.3, 0.4) is 0 Å². The third-order valence-electron chi connectivity index (χ3n) is 2.88. The maximum atomic E-state index is 12.8. The first kappa shape index (κ1) is 10.9. The van der Waals surface area contributed by atoms with Gasteiger partial charge in [-0.05, 0) is 43.2 Å². The third kappa shape index (κ3) is 1.73.